The highest BCUT2D eigenvalue weighted by molar-refractivity contribution is 7.90. The number of carbonyl (C=O) groups is 2. The van der Waals surface area contributed by atoms with Gasteiger partial charge in [-0.1, -0.05) is 11.6 Å². The van der Waals surface area contributed by atoms with Gasteiger partial charge in [0.1, 0.15) is 11.6 Å². The lowest BCUT2D eigenvalue weighted by molar-refractivity contribution is -0.136. The summed E-state index contributed by atoms with van der Waals surface area (Å²) in [4.78, 5) is 24.8. The summed E-state index contributed by atoms with van der Waals surface area (Å²) in [5.74, 6) is -2.58. The van der Waals surface area contributed by atoms with Crippen LogP contribution in [-0.2, 0) is 30.9 Å². The Bertz CT molecular complexity index is 1150. The van der Waals surface area contributed by atoms with E-state index in [-0.39, 0.29) is 17.3 Å². The van der Waals surface area contributed by atoms with Crippen molar-refractivity contribution in [1.82, 2.24) is 15.1 Å². The van der Waals surface area contributed by atoms with Crippen LogP contribution in [0.4, 0.5) is 10.2 Å². The van der Waals surface area contributed by atoms with E-state index in [4.69, 9.17) is 0 Å². The number of carbonyl (C=O) groups excluding carboxylic acids is 2. The topological polar surface area (TPSA) is 110 Å². The maximum atomic E-state index is 13.3. The Kier molecular flexibility index (Phi) is 5.90. The highest BCUT2D eigenvalue weighted by Gasteiger charge is 2.33. The van der Waals surface area contributed by atoms with Crippen molar-refractivity contribution in [3.63, 3.8) is 0 Å². The van der Waals surface area contributed by atoms with E-state index in [1.54, 1.807) is 0 Å². The van der Waals surface area contributed by atoms with Crippen molar-refractivity contribution < 1.29 is 22.4 Å². The number of nitrogens with one attached hydrogen (secondary N) is 2. The second-order valence-electron chi connectivity index (χ2n) is 7.76. The van der Waals surface area contributed by atoms with Crippen molar-refractivity contribution in [3.05, 3.63) is 53.0 Å². The third kappa shape index (κ3) is 4.84. The van der Waals surface area contributed by atoms with Crippen molar-refractivity contribution in [2.24, 2.45) is 0 Å². The van der Waals surface area contributed by atoms with Crippen LogP contribution in [0.25, 0.3) is 5.69 Å². The zero-order valence-corrected chi connectivity index (χ0v) is 17.7. The average Bonchev–Trinajstić information content (AvgIpc) is 3.21. The molecule has 2 N–H and O–H groups in total. The Balaban J connectivity index is 1.50. The number of anilines is 1. The largest absolute Gasteiger partial charge is 0.348 e. The van der Waals surface area contributed by atoms with Crippen LogP contribution in [0.15, 0.2) is 35.9 Å². The SMILES string of the molecule is O=C(NCCC1=CCCCC1)C(=O)Nc1c2c(nn1-c1ccc(F)cc1)CS(=O)(=O)C2. The summed E-state index contributed by atoms with van der Waals surface area (Å²) >= 11 is 0. The standard InChI is InChI=1S/C21H23FN4O4S/c22-15-6-8-16(9-7-15)26-19(17-12-31(29,30)13-18(17)25-26)24-21(28)20(27)23-11-10-14-4-2-1-3-5-14/h4,6-9H,1-3,5,10-13H2,(H,23,27)(H,24,28). The summed E-state index contributed by atoms with van der Waals surface area (Å²) in [6.07, 6.45) is 7.26. The molecule has 0 fully saturated rings. The molecule has 31 heavy (non-hydrogen) atoms. The van der Waals surface area contributed by atoms with Gasteiger partial charge in [-0.2, -0.15) is 5.10 Å². The molecular weight excluding hydrogens is 423 g/mol. The van der Waals surface area contributed by atoms with Crippen LogP contribution < -0.4 is 10.6 Å². The fraction of sp³-hybridized carbons (Fsp3) is 0.381. The molecule has 2 heterocycles. The molecule has 1 aliphatic heterocycles. The molecule has 4 rings (SSSR count). The molecule has 2 amide bonds. The number of allylic oxidation sites excluding steroid dienone is 1. The fourth-order valence-corrected chi connectivity index (χ4v) is 5.35. The number of nitrogens with zero attached hydrogens (tertiary/aromatic N) is 2. The van der Waals surface area contributed by atoms with E-state index in [0.29, 0.717) is 29.9 Å². The number of fused-ring (bicyclic) bond motifs is 1. The second kappa shape index (κ2) is 8.62. The monoisotopic (exact) mass is 446 g/mol. The molecule has 2 aliphatic rings. The Hall–Kier alpha value is -3.01. The summed E-state index contributed by atoms with van der Waals surface area (Å²) < 4.78 is 38.6. The van der Waals surface area contributed by atoms with E-state index in [0.717, 1.165) is 19.3 Å². The second-order valence-corrected chi connectivity index (χ2v) is 9.83. The maximum absolute atomic E-state index is 13.3. The van der Waals surface area contributed by atoms with Crippen LogP contribution in [0.1, 0.15) is 43.4 Å². The molecule has 1 aliphatic carbocycles. The lowest BCUT2D eigenvalue weighted by Crippen LogP contribution is -2.36. The summed E-state index contributed by atoms with van der Waals surface area (Å²) in [5.41, 5.74) is 2.37. The van der Waals surface area contributed by atoms with Gasteiger partial charge in [-0.05, 0) is 56.4 Å². The number of halogens is 1. The molecule has 0 bridgehead atoms. The molecule has 1 aromatic heterocycles. The fourth-order valence-electron chi connectivity index (χ4n) is 3.85. The number of sulfone groups is 1. The van der Waals surface area contributed by atoms with Crippen molar-refractivity contribution in [2.45, 2.75) is 43.6 Å². The van der Waals surface area contributed by atoms with E-state index in [1.165, 1.54) is 40.9 Å². The normalized spacial score (nSPS) is 17.0. The third-order valence-electron chi connectivity index (χ3n) is 5.41. The van der Waals surface area contributed by atoms with E-state index in [2.05, 4.69) is 21.8 Å². The van der Waals surface area contributed by atoms with E-state index < -0.39 is 27.5 Å². The lowest BCUT2D eigenvalue weighted by Gasteiger charge is -2.13. The summed E-state index contributed by atoms with van der Waals surface area (Å²) in [6.45, 7) is 0.349. The van der Waals surface area contributed by atoms with E-state index in [9.17, 15) is 22.4 Å². The van der Waals surface area contributed by atoms with Gasteiger partial charge in [0.05, 0.1) is 22.9 Å². The molecule has 0 saturated heterocycles. The minimum Gasteiger partial charge on any atom is -0.348 e. The van der Waals surface area contributed by atoms with Gasteiger partial charge in [-0.15, -0.1) is 0 Å². The molecule has 164 valence electrons. The summed E-state index contributed by atoms with van der Waals surface area (Å²) in [5, 5.41) is 9.39. The molecule has 2 aromatic rings. The van der Waals surface area contributed by atoms with Crippen LogP contribution in [0.3, 0.4) is 0 Å². The van der Waals surface area contributed by atoms with Gasteiger partial charge in [-0.3, -0.25) is 9.59 Å². The van der Waals surface area contributed by atoms with Crippen molar-refractivity contribution in [3.8, 4) is 5.69 Å². The van der Waals surface area contributed by atoms with Gasteiger partial charge >= 0.3 is 11.8 Å². The van der Waals surface area contributed by atoms with E-state index in [1.807, 2.05) is 0 Å². The van der Waals surface area contributed by atoms with Crippen molar-refractivity contribution in [1.29, 1.82) is 0 Å². The first-order chi connectivity index (χ1) is 14.8. The Morgan fingerprint density at radius 3 is 2.58 bits per heavy atom. The van der Waals surface area contributed by atoms with Gasteiger partial charge in [0.25, 0.3) is 0 Å². The molecule has 0 atom stereocenters. The molecule has 1 aromatic carbocycles. The van der Waals surface area contributed by atoms with Crippen molar-refractivity contribution >= 4 is 27.5 Å². The number of aromatic nitrogens is 2. The maximum Gasteiger partial charge on any atom is 0.314 e. The smallest absolute Gasteiger partial charge is 0.314 e. The quantitative estimate of drug-likeness (QED) is 0.541. The van der Waals surface area contributed by atoms with Gasteiger partial charge in [0, 0.05) is 12.1 Å². The van der Waals surface area contributed by atoms with Crippen LogP contribution in [0, 0.1) is 5.82 Å². The number of benzene rings is 1. The summed E-state index contributed by atoms with van der Waals surface area (Å²) in [6, 6.07) is 5.38. The molecule has 8 nitrogen and oxygen atoms in total. The predicted molar refractivity (Wildman–Crippen MR) is 113 cm³/mol. The molecule has 10 heteroatoms. The van der Waals surface area contributed by atoms with Crippen LogP contribution >= 0.6 is 0 Å². The minimum absolute atomic E-state index is 0.109. The first kappa shape index (κ1) is 21.2. The third-order valence-corrected chi connectivity index (χ3v) is 6.86. The number of hydrogen-bond acceptors (Lipinski definition) is 5. The minimum atomic E-state index is -3.37. The predicted octanol–water partition coefficient (Wildman–Crippen LogP) is 2.39. The lowest BCUT2D eigenvalue weighted by atomic mass is 9.97. The average molecular weight is 447 g/mol. The Morgan fingerprint density at radius 1 is 1.10 bits per heavy atom. The van der Waals surface area contributed by atoms with Gasteiger partial charge in [-0.25, -0.2) is 17.5 Å². The van der Waals surface area contributed by atoms with Crippen LogP contribution in [0.2, 0.25) is 0 Å². The number of rotatable bonds is 5. The molecule has 0 spiro atoms. The first-order valence-corrected chi connectivity index (χ1v) is 12.0. The summed E-state index contributed by atoms with van der Waals surface area (Å²) in [7, 11) is -3.37. The highest BCUT2D eigenvalue weighted by atomic mass is 32.2. The van der Waals surface area contributed by atoms with Crippen LogP contribution in [0.5, 0.6) is 0 Å². The van der Waals surface area contributed by atoms with E-state index >= 15 is 0 Å². The molecule has 0 saturated carbocycles. The van der Waals surface area contributed by atoms with Crippen LogP contribution in [-0.4, -0.2) is 36.6 Å². The van der Waals surface area contributed by atoms with Gasteiger partial charge in [0.15, 0.2) is 9.84 Å². The first-order valence-electron chi connectivity index (χ1n) is 10.2. The van der Waals surface area contributed by atoms with Gasteiger partial charge < -0.3 is 10.6 Å². The molecule has 0 radical (unpaired) electrons. The Morgan fingerprint density at radius 2 is 1.87 bits per heavy atom. The number of amides is 2. The Labute approximate surface area is 179 Å². The zero-order valence-electron chi connectivity index (χ0n) is 16.9. The zero-order chi connectivity index (χ0) is 22.0. The van der Waals surface area contributed by atoms with Crippen molar-refractivity contribution in [2.75, 3.05) is 11.9 Å². The number of hydrogen-bond donors (Lipinski definition) is 2. The van der Waals surface area contributed by atoms with Gasteiger partial charge in [0.2, 0.25) is 0 Å². The molecular formula is C21H23FN4O4S. The molecule has 0 unspecified atom stereocenters. The highest BCUT2D eigenvalue weighted by Crippen LogP contribution is 2.33.